The van der Waals surface area contributed by atoms with Crippen molar-refractivity contribution in [3.05, 3.63) is 75.8 Å². The largest absolute Gasteiger partial charge is 0.269 e. The van der Waals surface area contributed by atoms with Crippen molar-refractivity contribution in [1.29, 1.82) is 0 Å². The molecule has 0 amide bonds. The minimum Gasteiger partial charge on any atom is -0.258 e. The summed E-state index contributed by atoms with van der Waals surface area (Å²) in [5.41, 5.74) is 1.81. The summed E-state index contributed by atoms with van der Waals surface area (Å²) in [5, 5.41) is 11.1. The smallest absolute Gasteiger partial charge is 0.258 e. The summed E-state index contributed by atoms with van der Waals surface area (Å²) >= 11 is 6.17. The normalized spacial score (nSPS) is 11.3. The van der Waals surface area contributed by atoms with Gasteiger partial charge in [-0.1, -0.05) is 41.9 Å². The Morgan fingerprint density at radius 3 is 2.22 bits per heavy atom. The van der Waals surface area contributed by atoms with E-state index in [0.29, 0.717) is 5.03 Å². The zero-order valence-electron chi connectivity index (χ0n) is 9.42. The number of benzene rings is 2. The van der Waals surface area contributed by atoms with Gasteiger partial charge in [-0.25, -0.2) is 0 Å². The number of rotatable bonds is 3. The first-order valence-corrected chi connectivity index (χ1v) is 5.72. The van der Waals surface area contributed by atoms with E-state index in [-0.39, 0.29) is 5.69 Å². The van der Waals surface area contributed by atoms with Crippen LogP contribution < -0.4 is 0 Å². The average Bonchev–Trinajstić information content (AvgIpc) is 2.40. The summed E-state index contributed by atoms with van der Waals surface area (Å²) in [6.45, 7) is 0. The third kappa shape index (κ3) is 2.96. The summed E-state index contributed by atoms with van der Waals surface area (Å²) in [6, 6.07) is 15.8. The van der Waals surface area contributed by atoms with Gasteiger partial charge in [-0.05, 0) is 29.3 Å². The molecule has 0 bridgehead atoms. The number of hydrogen-bond donors (Lipinski definition) is 0. The highest BCUT2D eigenvalue weighted by Gasteiger charge is 2.03. The van der Waals surface area contributed by atoms with Crippen LogP contribution in [0.5, 0.6) is 0 Å². The van der Waals surface area contributed by atoms with E-state index in [2.05, 4.69) is 0 Å². The molecule has 4 heteroatoms. The van der Waals surface area contributed by atoms with Gasteiger partial charge in [0.1, 0.15) is 0 Å². The van der Waals surface area contributed by atoms with Crippen molar-refractivity contribution in [2.75, 3.05) is 0 Å². The van der Waals surface area contributed by atoms with Gasteiger partial charge < -0.3 is 0 Å². The van der Waals surface area contributed by atoms with Crippen molar-refractivity contribution in [2.24, 2.45) is 0 Å². The third-order valence-electron chi connectivity index (χ3n) is 2.45. The van der Waals surface area contributed by atoms with Crippen LogP contribution >= 0.6 is 11.6 Å². The van der Waals surface area contributed by atoms with Crippen LogP contribution in [0.2, 0.25) is 0 Å². The van der Waals surface area contributed by atoms with Crippen LogP contribution in [-0.2, 0) is 0 Å². The predicted molar refractivity (Wildman–Crippen MR) is 73.3 cm³/mol. The van der Waals surface area contributed by atoms with E-state index in [9.17, 15) is 10.1 Å². The second-order valence-electron chi connectivity index (χ2n) is 3.71. The van der Waals surface area contributed by atoms with Crippen molar-refractivity contribution < 1.29 is 4.92 Å². The lowest BCUT2D eigenvalue weighted by Crippen LogP contribution is -1.86. The van der Waals surface area contributed by atoms with E-state index in [4.69, 9.17) is 11.6 Å². The van der Waals surface area contributed by atoms with Crippen LogP contribution in [0.3, 0.4) is 0 Å². The first-order valence-electron chi connectivity index (χ1n) is 5.34. The zero-order valence-corrected chi connectivity index (χ0v) is 10.2. The molecule has 0 radical (unpaired) electrons. The molecule has 2 aromatic carbocycles. The standard InChI is InChI=1S/C14H10ClNO2/c15-14(12-4-2-1-3-5-12)10-11-6-8-13(9-7-11)16(17)18/h1-10H. The molecule has 0 aliphatic rings. The fraction of sp³-hybridized carbons (Fsp3) is 0. The molecule has 0 fully saturated rings. The molecule has 2 aromatic rings. The maximum Gasteiger partial charge on any atom is 0.269 e. The fourth-order valence-corrected chi connectivity index (χ4v) is 1.77. The van der Waals surface area contributed by atoms with E-state index < -0.39 is 4.92 Å². The Bertz CT molecular complexity index is 577. The van der Waals surface area contributed by atoms with Crippen LogP contribution in [0.15, 0.2) is 54.6 Å². The monoisotopic (exact) mass is 259 g/mol. The molecule has 0 saturated heterocycles. The molecule has 0 atom stereocenters. The molecule has 0 spiro atoms. The Kier molecular flexibility index (Phi) is 3.75. The van der Waals surface area contributed by atoms with Gasteiger partial charge in [0.15, 0.2) is 0 Å². The van der Waals surface area contributed by atoms with E-state index in [1.54, 1.807) is 18.2 Å². The molecule has 0 unspecified atom stereocenters. The van der Waals surface area contributed by atoms with E-state index >= 15 is 0 Å². The number of nitro benzene ring substituents is 1. The number of nitro groups is 1. The minimum atomic E-state index is -0.424. The van der Waals surface area contributed by atoms with Gasteiger partial charge >= 0.3 is 0 Å². The lowest BCUT2D eigenvalue weighted by Gasteiger charge is -1.99. The summed E-state index contributed by atoms with van der Waals surface area (Å²) in [6.07, 6.45) is 1.78. The Morgan fingerprint density at radius 1 is 1.06 bits per heavy atom. The van der Waals surface area contributed by atoms with Gasteiger partial charge in [-0.2, -0.15) is 0 Å². The highest BCUT2D eigenvalue weighted by atomic mass is 35.5. The van der Waals surface area contributed by atoms with Crippen molar-refractivity contribution in [1.82, 2.24) is 0 Å². The van der Waals surface area contributed by atoms with Crippen LogP contribution in [0.25, 0.3) is 11.1 Å². The quantitative estimate of drug-likeness (QED) is 0.468. The van der Waals surface area contributed by atoms with Crippen LogP contribution in [0.4, 0.5) is 5.69 Å². The van der Waals surface area contributed by atoms with Gasteiger partial charge in [0.2, 0.25) is 0 Å². The van der Waals surface area contributed by atoms with Crippen molar-refractivity contribution in [3.8, 4) is 0 Å². The summed E-state index contributed by atoms with van der Waals surface area (Å²) in [5.74, 6) is 0. The van der Waals surface area contributed by atoms with Crippen molar-refractivity contribution >= 4 is 28.4 Å². The lowest BCUT2D eigenvalue weighted by molar-refractivity contribution is -0.384. The molecular weight excluding hydrogens is 250 g/mol. The topological polar surface area (TPSA) is 43.1 Å². The molecule has 0 heterocycles. The van der Waals surface area contributed by atoms with E-state index in [1.165, 1.54) is 12.1 Å². The van der Waals surface area contributed by atoms with Gasteiger partial charge in [-0.15, -0.1) is 0 Å². The average molecular weight is 260 g/mol. The number of halogens is 1. The SMILES string of the molecule is O=[N+]([O-])c1ccc(C=C(Cl)c2ccccc2)cc1. The highest BCUT2D eigenvalue weighted by molar-refractivity contribution is 6.51. The first-order chi connectivity index (χ1) is 8.66. The van der Waals surface area contributed by atoms with Gasteiger partial charge in [0.25, 0.3) is 5.69 Å². The number of nitrogens with zero attached hydrogens (tertiary/aromatic N) is 1. The summed E-state index contributed by atoms with van der Waals surface area (Å²) in [4.78, 5) is 10.1. The van der Waals surface area contributed by atoms with Crippen LogP contribution in [0.1, 0.15) is 11.1 Å². The second kappa shape index (κ2) is 5.47. The second-order valence-corrected chi connectivity index (χ2v) is 4.11. The summed E-state index contributed by atoms with van der Waals surface area (Å²) < 4.78 is 0. The highest BCUT2D eigenvalue weighted by Crippen LogP contribution is 2.22. The molecule has 2 rings (SSSR count). The van der Waals surface area contributed by atoms with Gasteiger partial charge in [0, 0.05) is 17.2 Å². The Labute approximate surface area is 109 Å². The molecule has 0 aliphatic carbocycles. The molecule has 3 nitrogen and oxygen atoms in total. The van der Waals surface area contributed by atoms with Crippen molar-refractivity contribution in [3.63, 3.8) is 0 Å². The summed E-state index contributed by atoms with van der Waals surface area (Å²) in [7, 11) is 0. The minimum absolute atomic E-state index is 0.0722. The van der Waals surface area contributed by atoms with Gasteiger partial charge in [0.05, 0.1) is 4.92 Å². The van der Waals surface area contributed by atoms with Gasteiger partial charge in [-0.3, -0.25) is 10.1 Å². The molecule has 90 valence electrons. The Hall–Kier alpha value is -2.13. The van der Waals surface area contributed by atoms with Crippen molar-refractivity contribution in [2.45, 2.75) is 0 Å². The number of non-ortho nitro benzene ring substituents is 1. The molecule has 0 N–H and O–H groups in total. The lowest BCUT2D eigenvalue weighted by atomic mass is 10.1. The van der Waals surface area contributed by atoms with E-state index in [0.717, 1.165) is 11.1 Å². The maximum atomic E-state index is 10.5. The maximum absolute atomic E-state index is 10.5. The first kappa shape index (κ1) is 12.3. The Balaban J connectivity index is 2.25. The molecule has 0 saturated carbocycles. The molecular formula is C14H10ClNO2. The predicted octanol–water partition coefficient (Wildman–Crippen LogP) is 4.33. The fourth-order valence-electron chi connectivity index (χ4n) is 1.52. The molecule has 18 heavy (non-hydrogen) atoms. The zero-order chi connectivity index (χ0) is 13.0. The number of hydrogen-bond acceptors (Lipinski definition) is 2. The van der Waals surface area contributed by atoms with Crippen LogP contribution in [0, 0.1) is 10.1 Å². The Morgan fingerprint density at radius 2 is 1.67 bits per heavy atom. The molecule has 0 aliphatic heterocycles. The molecule has 0 aromatic heterocycles. The van der Waals surface area contributed by atoms with E-state index in [1.807, 2.05) is 30.3 Å². The van der Waals surface area contributed by atoms with Crippen LogP contribution in [-0.4, -0.2) is 4.92 Å². The third-order valence-corrected chi connectivity index (χ3v) is 2.77.